The molecule has 2 N–H and O–H groups in total. The minimum absolute atomic E-state index is 0.0895. The maximum Gasteiger partial charge on any atom is 0.341 e. The Morgan fingerprint density at radius 3 is 2.81 bits per heavy atom. The fraction of sp³-hybridized carbons (Fsp3) is 0.600. The van der Waals surface area contributed by atoms with Crippen molar-refractivity contribution in [2.75, 3.05) is 18.5 Å². The summed E-state index contributed by atoms with van der Waals surface area (Å²) in [4.78, 5) is 24.0. The van der Waals surface area contributed by atoms with E-state index < -0.39 is 0 Å². The zero-order valence-corrected chi connectivity index (χ0v) is 13.0. The largest absolute Gasteiger partial charge is 0.462 e. The van der Waals surface area contributed by atoms with Crippen LogP contribution in [0.3, 0.4) is 0 Å². The van der Waals surface area contributed by atoms with E-state index in [2.05, 4.69) is 5.32 Å². The number of carbonyl (C=O) groups excluding carboxylic acids is 2. The van der Waals surface area contributed by atoms with Gasteiger partial charge in [-0.15, -0.1) is 11.3 Å². The van der Waals surface area contributed by atoms with Gasteiger partial charge in [0.2, 0.25) is 5.91 Å². The third kappa shape index (κ3) is 4.28. The summed E-state index contributed by atoms with van der Waals surface area (Å²) in [5.41, 5.74) is 1.53. The minimum Gasteiger partial charge on any atom is -0.462 e. The normalized spacial score (nSPS) is 14.0. The van der Waals surface area contributed by atoms with E-state index in [1.165, 1.54) is 11.3 Å². The molecule has 1 aromatic heterocycles. The van der Waals surface area contributed by atoms with Crippen molar-refractivity contribution in [1.82, 2.24) is 0 Å². The molecule has 1 heterocycles. The van der Waals surface area contributed by atoms with Gasteiger partial charge in [0.1, 0.15) is 5.00 Å². The molecule has 1 fully saturated rings. The number of thiophene rings is 1. The molecule has 21 heavy (non-hydrogen) atoms. The molecule has 0 unspecified atom stereocenters. The van der Waals surface area contributed by atoms with E-state index in [-0.39, 0.29) is 18.5 Å². The molecular formula is C15H21NO4S. The molecule has 2 rings (SSSR count). The number of anilines is 1. The van der Waals surface area contributed by atoms with Gasteiger partial charge in [-0.25, -0.2) is 4.79 Å². The topological polar surface area (TPSA) is 75.6 Å². The lowest BCUT2D eigenvalue weighted by atomic mass is 10.1. The predicted molar refractivity (Wildman–Crippen MR) is 81.8 cm³/mol. The van der Waals surface area contributed by atoms with Gasteiger partial charge in [-0.2, -0.15) is 0 Å². The number of hydrogen-bond acceptors (Lipinski definition) is 5. The predicted octanol–water partition coefficient (Wildman–Crippen LogP) is 2.90. The Balaban J connectivity index is 2.07. The molecule has 1 aliphatic carbocycles. The molecule has 0 aliphatic heterocycles. The third-order valence-electron chi connectivity index (χ3n) is 3.38. The highest BCUT2D eigenvalue weighted by molar-refractivity contribution is 7.15. The van der Waals surface area contributed by atoms with Crippen molar-refractivity contribution in [2.24, 2.45) is 0 Å². The Kier molecular flexibility index (Phi) is 5.76. The molecule has 0 bridgehead atoms. The van der Waals surface area contributed by atoms with Crippen molar-refractivity contribution in [3.63, 3.8) is 0 Å². The Labute approximate surface area is 128 Å². The number of amides is 1. The fourth-order valence-corrected chi connectivity index (χ4v) is 3.21. The van der Waals surface area contributed by atoms with Crippen molar-refractivity contribution < 1.29 is 19.4 Å². The van der Waals surface area contributed by atoms with E-state index in [9.17, 15) is 9.59 Å². The Bertz CT molecular complexity index is 508. The number of carbonyl (C=O) groups is 2. The molecule has 0 spiro atoms. The molecule has 5 nitrogen and oxygen atoms in total. The van der Waals surface area contributed by atoms with Gasteiger partial charge in [0.05, 0.1) is 12.2 Å². The van der Waals surface area contributed by atoms with Crippen LogP contribution in [0.15, 0.2) is 5.38 Å². The Morgan fingerprint density at radius 1 is 1.43 bits per heavy atom. The van der Waals surface area contributed by atoms with Gasteiger partial charge in [0.15, 0.2) is 0 Å². The smallest absolute Gasteiger partial charge is 0.341 e. The molecular weight excluding hydrogens is 290 g/mol. The summed E-state index contributed by atoms with van der Waals surface area (Å²) in [5.74, 6) is -0.0507. The molecule has 1 amide bonds. The van der Waals surface area contributed by atoms with E-state index in [0.717, 1.165) is 18.4 Å². The molecule has 0 atom stereocenters. The number of ether oxygens (including phenoxy) is 1. The molecule has 1 aliphatic rings. The van der Waals surface area contributed by atoms with E-state index in [0.29, 0.717) is 42.4 Å². The monoisotopic (exact) mass is 311 g/mol. The second kappa shape index (κ2) is 7.56. The van der Waals surface area contributed by atoms with Crippen LogP contribution in [0, 0.1) is 0 Å². The van der Waals surface area contributed by atoms with Crippen LogP contribution in [0.5, 0.6) is 0 Å². The lowest BCUT2D eigenvalue weighted by molar-refractivity contribution is -0.116. The van der Waals surface area contributed by atoms with Crippen LogP contribution < -0.4 is 5.32 Å². The summed E-state index contributed by atoms with van der Waals surface area (Å²) in [6, 6.07) is 0. The summed E-state index contributed by atoms with van der Waals surface area (Å²) in [5, 5.41) is 14.1. The van der Waals surface area contributed by atoms with Crippen LogP contribution in [0.25, 0.3) is 0 Å². The first-order valence-corrected chi connectivity index (χ1v) is 8.24. The molecule has 6 heteroatoms. The zero-order valence-electron chi connectivity index (χ0n) is 12.2. The molecule has 1 aromatic rings. The van der Waals surface area contributed by atoms with Crippen LogP contribution in [0.1, 0.15) is 60.9 Å². The highest BCUT2D eigenvalue weighted by atomic mass is 32.1. The average molecular weight is 311 g/mol. The first-order chi connectivity index (χ1) is 10.2. The Morgan fingerprint density at radius 2 is 2.19 bits per heavy atom. The van der Waals surface area contributed by atoms with Crippen LogP contribution >= 0.6 is 11.3 Å². The quantitative estimate of drug-likeness (QED) is 0.572. The summed E-state index contributed by atoms with van der Waals surface area (Å²) in [6.45, 7) is 2.18. The van der Waals surface area contributed by atoms with Crippen molar-refractivity contribution in [3.8, 4) is 0 Å². The Hall–Kier alpha value is -1.40. The first-order valence-electron chi connectivity index (χ1n) is 7.36. The summed E-state index contributed by atoms with van der Waals surface area (Å²) < 4.78 is 5.11. The molecule has 0 aromatic carbocycles. The summed E-state index contributed by atoms with van der Waals surface area (Å²) in [6.07, 6.45) is 3.77. The van der Waals surface area contributed by atoms with Crippen LogP contribution in [-0.4, -0.2) is 30.2 Å². The van der Waals surface area contributed by atoms with Crippen molar-refractivity contribution in [2.45, 2.75) is 44.9 Å². The first kappa shape index (κ1) is 16.0. The number of aliphatic hydroxyl groups is 1. The van der Waals surface area contributed by atoms with Crippen LogP contribution in [0.2, 0.25) is 0 Å². The molecule has 1 saturated carbocycles. The van der Waals surface area contributed by atoms with Crippen LogP contribution in [-0.2, 0) is 9.53 Å². The lowest BCUT2D eigenvalue weighted by Crippen LogP contribution is -2.14. The highest BCUT2D eigenvalue weighted by Gasteiger charge is 2.32. The molecule has 116 valence electrons. The van der Waals surface area contributed by atoms with Gasteiger partial charge in [0, 0.05) is 13.0 Å². The lowest BCUT2D eigenvalue weighted by Gasteiger charge is -2.08. The van der Waals surface area contributed by atoms with Gasteiger partial charge >= 0.3 is 5.97 Å². The number of aliphatic hydroxyl groups excluding tert-OH is 1. The SMILES string of the molecule is CCOC(=O)c1c(C2CC2)csc1NC(=O)CCCCO. The van der Waals surface area contributed by atoms with E-state index in [1.54, 1.807) is 6.92 Å². The number of unbranched alkanes of at least 4 members (excludes halogenated alkanes) is 1. The van der Waals surface area contributed by atoms with Crippen molar-refractivity contribution >= 4 is 28.2 Å². The van der Waals surface area contributed by atoms with Gasteiger partial charge in [-0.05, 0) is 49.5 Å². The average Bonchev–Trinajstić information content (AvgIpc) is 3.21. The second-order valence-electron chi connectivity index (χ2n) is 5.12. The van der Waals surface area contributed by atoms with Crippen LogP contribution in [0.4, 0.5) is 5.00 Å². The number of esters is 1. The van der Waals surface area contributed by atoms with Gasteiger partial charge in [-0.1, -0.05) is 0 Å². The summed E-state index contributed by atoms with van der Waals surface area (Å²) >= 11 is 1.38. The van der Waals surface area contributed by atoms with Crippen molar-refractivity contribution in [1.29, 1.82) is 0 Å². The molecule has 0 saturated heterocycles. The van der Waals surface area contributed by atoms with E-state index >= 15 is 0 Å². The number of rotatable bonds is 8. The molecule has 0 radical (unpaired) electrons. The maximum absolute atomic E-state index is 12.1. The number of nitrogens with one attached hydrogen (secondary N) is 1. The minimum atomic E-state index is -0.355. The number of hydrogen-bond donors (Lipinski definition) is 2. The maximum atomic E-state index is 12.1. The van der Waals surface area contributed by atoms with E-state index in [1.807, 2.05) is 5.38 Å². The van der Waals surface area contributed by atoms with Gasteiger partial charge in [0.25, 0.3) is 0 Å². The van der Waals surface area contributed by atoms with Gasteiger partial charge < -0.3 is 15.2 Å². The fourth-order valence-electron chi connectivity index (χ4n) is 2.16. The van der Waals surface area contributed by atoms with Gasteiger partial charge in [-0.3, -0.25) is 4.79 Å². The standard InChI is InChI=1S/C15H21NO4S/c1-2-20-15(19)13-11(10-6-7-10)9-21-14(13)16-12(18)5-3-4-8-17/h9-10,17H,2-8H2,1H3,(H,16,18). The van der Waals surface area contributed by atoms with Crippen molar-refractivity contribution in [3.05, 3.63) is 16.5 Å². The zero-order chi connectivity index (χ0) is 15.2. The third-order valence-corrected chi connectivity index (χ3v) is 4.29. The second-order valence-corrected chi connectivity index (χ2v) is 6.00. The van der Waals surface area contributed by atoms with E-state index in [4.69, 9.17) is 9.84 Å². The summed E-state index contributed by atoms with van der Waals surface area (Å²) in [7, 11) is 0. The highest BCUT2D eigenvalue weighted by Crippen LogP contribution is 2.46.